The molecule has 0 aliphatic carbocycles. The number of aryl methyl sites for hydroxylation is 2. The second-order valence-electron chi connectivity index (χ2n) is 2.55. The Labute approximate surface area is 74.4 Å². The quantitative estimate of drug-likeness (QED) is 0.623. The van der Waals surface area contributed by atoms with Crippen LogP contribution in [0.2, 0.25) is 0 Å². The molecule has 2 heterocycles. The van der Waals surface area contributed by atoms with Gasteiger partial charge in [-0.15, -0.1) is 5.10 Å². The molecule has 13 heavy (non-hydrogen) atoms. The van der Waals surface area contributed by atoms with E-state index < -0.39 is 0 Å². The molecule has 7 heteroatoms. The number of aromatic nitrogens is 7. The van der Waals surface area contributed by atoms with Crippen LogP contribution in [0.5, 0.6) is 0 Å². The van der Waals surface area contributed by atoms with Gasteiger partial charge >= 0.3 is 0 Å². The summed E-state index contributed by atoms with van der Waals surface area (Å²) in [4.78, 5) is 1.64. The average molecular weight is 179 g/mol. The van der Waals surface area contributed by atoms with Crippen molar-refractivity contribution < 1.29 is 0 Å². The van der Waals surface area contributed by atoms with Crippen LogP contribution in [-0.2, 0) is 13.1 Å². The Morgan fingerprint density at radius 2 is 1.92 bits per heavy atom. The summed E-state index contributed by atoms with van der Waals surface area (Å²) in [5.41, 5.74) is 0. The zero-order valence-corrected chi connectivity index (χ0v) is 6.98. The Morgan fingerprint density at radius 3 is 2.62 bits per heavy atom. The predicted molar refractivity (Wildman–Crippen MR) is 42.5 cm³/mol. The highest BCUT2D eigenvalue weighted by molar-refractivity contribution is 4.59. The maximum absolute atomic E-state index is 3.98. The predicted octanol–water partition coefficient (Wildman–Crippen LogP) is -0.645. The van der Waals surface area contributed by atoms with Gasteiger partial charge in [-0.2, -0.15) is 15.0 Å². The molecule has 0 aromatic carbocycles. The summed E-state index contributed by atoms with van der Waals surface area (Å²) in [6, 6.07) is 0. The Kier molecular flexibility index (Phi) is 2.26. The van der Waals surface area contributed by atoms with Gasteiger partial charge in [-0.1, -0.05) is 0 Å². The molecule has 0 amide bonds. The molecular weight excluding hydrogens is 170 g/mol. The molecule has 2 aromatic heterocycles. The second-order valence-corrected chi connectivity index (χ2v) is 2.55. The number of hydrogen-bond acceptors (Lipinski definition) is 5. The smallest absolute Gasteiger partial charge is 0.138 e. The zero-order valence-electron chi connectivity index (χ0n) is 6.98. The van der Waals surface area contributed by atoms with Crippen LogP contribution in [-0.4, -0.2) is 35.2 Å². The molecule has 2 aromatic rings. The van der Waals surface area contributed by atoms with Gasteiger partial charge in [-0.3, -0.25) is 0 Å². The SMILES string of the molecule is c1cnn(CCCn2cnnn2)n1. The summed E-state index contributed by atoms with van der Waals surface area (Å²) < 4.78 is 1.68. The van der Waals surface area contributed by atoms with Crippen molar-refractivity contribution in [1.82, 2.24) is 35.2 Å². The molecule has 2 rings (SSSR count). The second kappa shape index (κ2) is 3.74. The lowest BCUT2D eigenvalue weighted by Gasteiger charge is -1.98. The van der Waals surface area contributed by atoms with Crippen LogP contribution in [0.3, 0.4) is 0 Å². The first-order chi connectivity index (χ1) is 6.45. The van der Waals surface area contributed by atoms with Gasteiger partial charge in [0.15, 0.2) is 0 Å². The molecule has 7 nitrogen and oxygen atoms in total. The lowest BCUT2D eigenvalue weighted by Crippen LogP contribution is -2.06. The van der Waals surface area contributed by atoms with E-state index in [1.165, 1.54) is 0 Å². The lowest BCUT2D eigenvalue weighted by atomic mass is 10.4. The van der Waals surface area contributed by atoms with Crippen LogP contribution in [0.4, 0.5) is 0 Å². The molecule has 0 unspecified atom stereocenters. The number of tetrazole rings is 1. The molecule has 0 N–H and O–H groups in total. The Hall–Kier alpha value is -1.79. The van der Waals surface area contributed by atoms with E-state index in [4.69, 9.17) is 0 Å². The third-order valence-corrected chi connectivity index (χ3v) is 1.60. The monoisotopic (exact) mass is 179 g/mol. The van der Waals surface area contributed by atoms with Crippen molar-refractivity contribution in [1.29, 1.82) is 0 Å². The van der Waals surface area contributed by atoms with Crippen molar-refractivity contribution in [3.8, 4) is 0 Å². The van der Waals surface area contributed by atoms with E-state index in [1.807, 2.05) is 0 Å². The van der Waals surface area contributed by atoms with Crippen LogP contribution in [0.15, 0.2) is 18.7 Å². The van der Waals surface area contributed by atoms with E-state index in [0.717, 1.165) is 19.5 Å². The first kappa shape index (κ1) is 7.84. The third-order valence-electron chi connectivity index (χ3n) is 1.60. The minimum absolute atomic E-state index is 0.785. The minimum Gasteiger partial charge on any atom is -0.232 e. The molecule has 0 atom stereocenters. The summed E-state index contributed by atoms with van der Waals surface area (Å²) in [7, 11) is 0. The third kappa shape index (κ3) is 2.08. The van der Waals surface area contributed by atoms with Crippen LogP contribution in [0.1, 0.15) is 6.42 Å². The molecule has 0 saturated heterocycles. The van der Waals surface area contributed by atoms with Gasteiger partial charge < -0.3 is 0 Å². The summed E-state index contributed by atoms with van der Waals surface area (Å²) in [6.07, 6.45) is 5.84. The van der Waals surface area contributed by atoms with Crippen molar-refractivity contribution in [2.45, 2.75) is 19.5 Å². The van der Waals surface area contributed by atoms with Gasteiger partial charge in [0.2, 0.25) is 0 Å². The highest BCUT2D eigenvalue weighted by atomic mass is 15.5. The van der Waals surface area contributed by atoms with Crippen molar-refractivity contribution in [3.05, 3.63) is 18.7 Å². The van der Waals surface area contributed by atoms with E-state index in [2.05, 4.69) is 25.7 Å². The Morgan fingerprint density at radius 1 is 1.08 bits per heavy atom. The fourth-order valence-corrected chi connectivity index (χ4v) is 1.02. The number of nitrogens with zero attached hydrogens (tertiary/aromatic N) is 7. The van der Waals surface area contributed by atoms with E-state index in [9.17, 15) is 0 Å². The largest absolute Gasteiger partial charge is 0.232 e. The Balaban J connectivity index is 1.76. The zero-order chi connectivity index (χ0) is 8.93. The highest BCUT2D eigenvalue weighted by Gasteiger charge is 1.94. The van der Waals surface area contributed by atoms with Gasteiger partial charge in [-0.05, 0) is 16.8 Å². The van der Waals surface area contributed by atoms with Crippen molar-refractivity contribution in [3.63, 3.8) is 0 Å². The van der Waals surface area contributed by atoms with Crippen molar-refractivity contribution in [2.24, 2.45) is 0 Å². The van der Waals surface area contributed by atoms with Crippen molar-refractivity contribution in [2.75, 3.05) is 0 Å². The van der Waals surface area contributed by atoms with Gasteiger partial charge in [-0.25, -0.2) is 4.68 Å². The van der Waals surface area contributed by atoms with E-state index >= 15 is 0 Å². The van der Waals surface area contributed by atoms with Crippen LogP contribution >= 0.6 is 0 Å². The maximum atomic E-state index is 3.98. The summed E-state index contributed by atoms with van der Waals surface area (Å²) in [5.74, 6) is 0. The summed E-state index contributed by atoms with van der Waals surface area (Å²) in [5, 5.41) is 18.8. The van der Waals surface area contributed by atoms with E-state index in [-0.39, 0.29) is 0 Å². The molecule has 0 fully saturated rings. The molecule has 0 radical (unpaired) electrons. The fourth-order valence-electron chi connectivity index (χ4n) is 1.02. The molecule has 68 valence electrons. The van der Waals surface area contributed by atoms with Crippen LogP contribution in [0.25, 0.3) is 0 Å². The lowest BCUT2D eigenvalue weighted by molar-refractivity contribution is 0.458. The first-order valence-electron chi connectivity index (χ1n) is 4.00. The van der Waals surface area contributed by atoms with E-state index in [0.29, 0.717) is 0 Å². The van der Waals surface area contributed by atoms with Crippen LogP contribution in [0, 0.1) is 0 Å². The molecule has 0 spiro atoms. The summed E-state index contributed by atoms with van der Waals surface area (Å²) in [6.45, 7) is 1.57. The minimum atomic E-state index is 0.785. The summed E-state index contributed by atoms with van der Waals surface area (Å²) >= 11 is 0. The van der Waals surface area contributed by atoms with Gasteiger partial charge in [0, 0.05) is 6.54 Å². The topological polar surface area (TPSA) is 74.3 Å². The first-order valence-corrected chi connectivity index (χ1v) is 4.00. The van der Waals surface area contributed by atoms with Gasteiger partial charge in [0.1, 0.15) is 6.33 Å². The average Bonchev–Trinajstić information content (AvgIpc) is 2.75. The maximum Gasteiger partial charge on any atom is 0.138 e. The normalized spacial score (nSPS) is 10.5. The Bertz CT molecular complexity index is 290. The highest BCUT2D eigenvalue weighted by Crippen LogP contribution is 1.89. The fraction of sp³-hybridized carbons (Fsp3) is 0.500. The molecular formula is C6H9N7. The van der Waals surface area contributed by atoms with E-state index in [1.54, 1.807) is 28.2 Å². The molecule has 0 aliphatic rings. The molecule has 0 aliphatic heterocycles. The number of hydrogen-bond donors (Lipinski definition) is 0. The van der Waals surface area contributed by atoms with Crippen molar-refractivity contribution >= 4 is 0 Å². The number of rotatable bonds is 4. The standard InChI is InChI=1S/C6H9N7/c1(4-12-6-7-10-11-12)5-13-8-2-3-9-13/h2-3,6H,1,4-5H2. The van der Waals surface area contributed by atoms with Gasteiger partial charge in [0.25, 0.3) is 0 Å². The molecule has 0 bridgehead atoms. The van der Waals surface area contributed by atoms with Gasteiger partial charge in [0.05, 0.1) is 18.9 Å². The van der Waals surface area contributed by atoms with Crippen LogP contribution < -0.4 is 0 Å². The molecule has 0 saturated carbocycles.